The molecule has 5 heteroatoms. The van der Waals surface area contributed by atoms with Crippen molar-refractivity contribution < 1.29 is 13.6 Å². The van der Waals surface area contributed by atoms with Crippen LogP contribution in [0.25, 0.3) is 0 Å². The number of carbonyl (C=O) groups is 1. The van der Waals surface area contributed by atoms with Gasteiger partial charge in [0, 0.05) is 24.2 Å². The molecular formula is C15H13F2NOS. The van der Waals surface area contributed by atoms with Gasteiger partial charge in [-0.15, -0.1) is 11.3 Å². The molecule has 0 bridgehead atoms. The van der Waals surface area contributed by atoms with E-state index < -0.39 is 11.6 Å². The molecule has 3 rings (SSSR count). The number of benzene rings is 1. The van der Waals surface area contributed by atoms with Gasteiger partial charge in [0.2, 0.25) is 0 Å². The molecule has 0 saturated heterocycles. The van der Waals surface area contributed by atoms with Crippen LogP contribution in [0, 0.1) is 11.6 Å². The normalized spacial score (nSPS) is 14.3. The largest absolute Gasteiger partial charge is 0.331 e. The fraction of sp³-hybridized carbons (Fsp3) is 0.267. The van der Waals surface area contributed by atoms with Crippen LogP contribution in [-0.4, -0.2) is 16.8 Å². The van der Waals surface area contributed by atoms with Crippen LogP contribution in [0.1, 0.15) is 28.1 Å². The molecule has 0 N–H and O–H groups in total. The van der Waals surface area contributed by atoms with Crippen LogP contribution >= 0.6 is 11.3 Å². The molecule has 0 radical (unpaired) electrons. The molecule has 1 heterocycles. The molecule has 0 spiro atoms. The summed E-state index contributed by atoms with van der Waals surface area (Å²) in [5, 5.41) is 1.84. The zero-order valence-electron chi connectivity index (χ0n) is 10.7. The predicted molar refractivity (Wildman–Crippen MR) is 73.6 cm³/mol. The number of halogens is 2. The van der Waals surface area contributed by atoms with Gasteiger partial charge in [-0.05, 0) is 30.4 Å². The fourth-order valence-electron chi connectivity index (χ4n) is 2.13. The molecule has 2 nitrogen and oxygen atoms in total. The van der Waals surface area contributed by atoms with Gasteiger partial charge in [-0.1, -0.05) is 12.1 Å². The van der Waals surface area contributed by atoms with Crippen LogP contribution in [0.15, 0.2) is 35.7 Å². The van der Waals surface area contributed by atoms with Crippen LogP contribution < -0.4 is 0 Å². The third kappa shape index (κ3) is 2.72. The Morgan fingerprint density at radius 3 is 2.70 bits per heavy atom. The first-order chi connectivity index (χ1) is 9.65. The summed E-state index contributed by atoms with van der Waals surface area (Å²) in [6, 6.07) is 7.25. The number of hydrogen-bond acceptors (Lipinski definition) is 2. The lowest BCUT2D eigenvalue weighted by Crippen LogP contribution is -2.32. The van der Waals surface area contributed by atoms with Crippen molar-refractivity contribution in [3.8, 4) is 0 Å². The molecule has 20 heavy (non-hydrogen) atoms. The van der Waals surface area contributed by atoms with Gasteiger partial charge in [-0.3, -0.25) is 4.79 Å². The summed E-state index contributed by atoms with van der Waals surface area (Å²) >= 11 is 1.38. The van der Waals surface area contributed by atoms with Crippen molar-refractivity contribution in [2.75, 3.05) is 0 Å². The Balaban J connectivity index is 1.83. The van der Waals surface area contributed by atoms with Gasteiger partial charge >= 0.3 is 0 Å². The van der Waals surface area contributed by atoms with Crippen LogP contribution in [-0.2, 0) is 6.54 Å². The van der Waals surface area contributed by atoms with Gasteiger partial charge in [-0.25, -0.2) is 8.78 Å². The third-order valence-corrected chi connectivity index (χ3v) is 4.19. The van der Waals surface area contributed by atoms with Crippen LogP contribution in [0.5, 0.6) is 0 Å². The first kappa shape index (κ1) is 13.2. The first-order valence-corrected chi connectivity index (χ1v) is 7.31. The summed E-state index contributed by atoms with van der Waals surface area (Å²) in [4.78, 5) is 14.7. The fourth-order valence-corrected chi connectivity index (χ4v) is 2.81. The molecule has 2 aromatic rings. The second kappa shape index (κ2) is 5.32. The highest BCUT2D eigenvalue weighted by Gasteiger charge is 2.33. The summed E-state index contributed by atoms with van der Waals surface area (Å²) in [7, 11) is 0. The zero-order valence-corrected chi connectivity index (χ0v) is 11.5. The Morgan fingerprint density at radius 1 is 1.30 bits per heavy atom. The Labute approximate surface area is 119 Å². The third-order valence-electron chi connectivity index (χ3n) is 3.34. The van der Waals surface area contributed by atoms with E-state index in [0.29, 0.717) is 10.4 Å². The van der Waals surface area contributed by atoms with Crippen LogP contribution in [0.2, 0.25) is 0 Å². The highest BCUT2D eigenvalue weighted by atomic mass is 32.1. The zero-order chi connectivity index (χ0) is 14.1. The molecule has 0 atom stereocenters. The lowest BCUT2D eigenvalue weighted by Gasteiger charge is -2.22. The molecule has 0 aliphatic heterocycles. The quantitative estimate of drug-likeness (QED) is 0.839. The molecule has 1 aliphatic carbocycles. The average molecular weight is 293 g/mol. The molecule has 0 unspecified atom stereocenters. The number of rotatable bonds is 4. The topological polar surface area (TPSA) is 20.3 Å². The summed E-state index contributed by atoms with van der Waals surface area (Å²) < 4.78 is 26.6. The van der Waals surface area contributed by atoms with Crippen molar-refractivity contribution in [1.29, 1.82) is 0 Å². The highest BCUT2D eigenvalue weighted by Crippen LogP contribution is 2.31. The van der Waals surface area contributed by atoms with Gasteiger partial charge in [0.05, 0.1) is 4.88 Å². The van der Waals surface area contributed by atoms with E-state index >= 15 is 0 Å². The van der Waals surface area contributed by atoms with E-state index in [0.717, 1.165) is 18.9 Å². The smallest absolute Gasteiger partial charge is 0.264 e. The molecule has 1 saturated carbocycles. The SMILES string of the molecule is O=C(c1cccs1)N(Cc1ccc(F)cc1F)C1CC1. The van der Waals surface area contributed by atoms with Crippen molar-refractivity contribution >= 4 is 17.2 Å². The van der Waals surface area contributed by atoms with Crippen molar-refractivity contribution in [3.63, 3.8) is 0 Å². The first-order valence-electron chi connectivity index (χ1n) is 6.43. The van der Waals surface area contributed by atoms with E-state index in [1.165, 1.54) is 23.5 Å². The van der Waals surface area contributed by atoms with E-state index in [1.807, 2.05) is 11.4 Å². The number of nitrogens with zero attached hydrogens (tertiary/aromatic N) is 1. The van der Waals surface area contributed by atoms with Gasteiger partial charge in [-0.2, -0.15) is 0 Å². The van der Waals surface area contributed by atoms with Crippen LogP contribution in [0.4, 0.5) is 8.78 Å². The molecule has 1 aliphatic rings. The molecule has 1 aromatic carbocycles. The Bertz CT molecular complexity index is 623. The summed E-state index contributed by atoms with van der Waals surface area (Å²) in [6.45, 7) is 0.188. The number of carbonyl (C=O) groups excluding carboxylic acids is 1. The predicted octanol–water partition coefficient (Wildman–Crippen LogP) is 3.83. The average Bonchev–Trinajstić information content (AvgIpc) is 3.11. The van der Waals surface area contributed by atoms with Gasteiger partial charge in [0.1, 0.15) is 11.6 Å². The Kier molecular flexibility index (Phi) is 3.53. The minimum absolute atomic E-state index is 0.0776. The lowest BCUT2D eigenvalue weighted by atomic mass is 10.2. The minimum Gasteiger partial charge on any atom is -0.331 e. The lowest BCUT2D eigenvalue weighted by molar-refractivity contribution is 0.0733. The standard InChI is InChI=1S/C15H13F2NOS/c16-11-4-3-10(13(17)8-11)9-18(12-5-6-12)15(19)14-2-1-7-20-14/h1-4,7-8,12H,5-6,9H2. The van der Waals surface area contributed by atoms with Gasteiger partial charge in [0.15, 0.2) is 0 Å². The van der Waals surface area contributed by atoms with Gasteiger partial charge in [0.25, 0.3) is 5.91 Å². The maximum Gasteiger partial charge on any atom is 0.264 e. The van der Waals surface area contributed by atoms with E-state index in [1.54, 1.807) is 11.0 Å². The maximum absolute atomic E-state index is 13.7. The van der Waals surface area contributed by atoms with Crippen molar-refractivity contribution in [2.45, 2.75) is 25.4 Å². The van der Waals surface area contributed by atoms with Crippen molar-refractivity contribution in [1.82, 2.24) is 4.90 Å². The minimum atomic E-state index is -0.603. The number of amides is 1. The Morgan fingerprint density at radius 2 is 2.10 bits per heavy atom. The van der Waals surface area contributed by atoms with E-state index in [4.69, 9.17) is 0 Å². The van der Waals surface area contributed by atoms with Crippen molar-refractivity contribution in [3.05, 3.63) is 57.8 Å². The van der Waals surface area contributed by atoms with E-state index in [-0.39, 0.29) is 18.5 Å². The highest BCUT2D eigenvalue weighted by molar-refractivity contribution is 7.12. The summed E-state index contributed by atoms with van der Waals surface area (Å²) in [5.74, 6) is -1.28. The summed E-state index contributed by atoms with van der Waals surface area (Å²) in [6.07, 6.45) is 1.89. The second-order valence-electron chi connectivity index (χ2n) is 4.88. The second-order valence-corrected chi connectivity index (χ2v) is 5.82. The Hall–Kier alpha value is -1.75. The number of thiophene rings is 1. The molecular weight excluding hydrogens is 280 g/mol. The van der Waals surface area contributed by atoms with E-state index in [9.17, 15) is 13.6 Å². The molecule has 1 amide bonds. The molecule has 104 valence electrons. The number of hydrogen-bond donors (Lipinski definition) is 0. The molecule has 1 fully saturated rings. The van der Waals surface area contributed by atoms with Gasteiger partial charge < -0.3 is 4.90 Å². The maximum atomic E-state index is 13.7. The van der Waals surface area contributed by atoms with Crippen LogP contribution in [0.3, 0.4) is 0 Å². The molecule has 1 aromatic heterocycles. The monoisotopic (exact) mass is 293 g/mol. The van der Waals surface area contributed by atoms with Crippen molar-refractivity contribution in [2.24, 2.45) is 0 Å². The van der Waals surface area contributed by atoms with E-state index in [2.05, 4.69) is 0 Å². The summed E-state index contributed by atoms with van der Waals surface area (Å²) in [5.41, 5.74) is 0.350.